The summed E-state index contributed by atoms with van der Waals surface area (Å²) in [6, 6.07) is 11.4. The fourth-order valence-corrected chi connectivity index (χ4v) is 3.13. The van der Waals surface area contributed by atoms with Gasteiger partial charge in [-0.2, -0.15) is 0 Å². The number of benzene rings is 1. The lowest BCUT2D eigenvalue weighted by Gasteiger charge is -2.25. The zero-order valence-corrected chi connectivity index (χ0v) is 14.0. The number of nitrogens with zero attached hydrogens (tertiary/aromatic N) is 2. The van der Waals surface area contributed by atoms with E-state index >= 15 is 0 Å². The van der Waals surface area contributed by atoms with Crippen molar-refractivity contribution < 1.29 is 14.6 Å². The van der Waals surface area contributed by atoms with Gasteiger partial charge in [-0.25, -0.2) is 0 Å². The Bertz CT molecular complexity index is 715. The number of ether oxygens (including phenoxy) is 1. The topological polar surface area (TPSA) is 62.7 Å². The van der Waals surface area contributed by atoms with Gasteiger partial charge in [0.05, 0.1) is 25.7 Å². The van der Waals surface area contributed by atoms with E-state index in [9.17, 15) is 9.90 Å². The van der Waals surface area contributed by atoms with Gasteiger partial charge in [-0.05, 0) is 42.7 Å². The second kappa shape index (κ2) is 7.01. The van der Waals surface area contributed by atoms with Crippen molar-refractivity contribution in [1.82, 2.24) is 9.88 Å². The van der Waals surface area contributed by atoms with Gasteiger partial charge in [-0.3, -0.25) is 9.78 Å². The first-order chi connectivity index (χ1) is 11.6. The molecule has 126 valence electrons. The Morgan fingerprint density at radius 1 is 1.38 bits per heavy atom. The second-order valence-electron chi connectivity index (χ2n) is 6.21. The van der Waals surface area contributed by atoms with Crippen LogP contribution in [0, 0.1) is 6.92 Å². The molecule has 1 aromatic heterocycles. The molecule has 0 unspecified atom stereocenters. The molecule has 0 aliphatic carbocycles. The van der Waals surface area contributed by atoms with E-state index in [1.165, 1.54) is 0 Å². The molecule has 5 heteroatoms. The number of methoxy groups -OCH3 is 1. The first-order valence-corrected chi connectivity index (χ1v) is 8.10. The van der Waals surface area contributed by atoms with E-state index in [4.69, 9.17) is 4.74 Å². The smallest absolute Gasteiger partial charge is 0.227 e. The van der Waals surface area contributed by atoms with Crippen molar-refractivity contribution in [3.63, 3.8) is 0 Å². The summed E-state index contributed by atoms with van der Waals surface area (Å²) in [5.41, 5.74) is 2.80. The molecule has 1 fully saturated rings. The van der Waals surface area contributed by atoms with E-state index in [2.05, 4.69) is 4.98 Å². The van der Waals surface area contributed by atoms with Crippen molar-refractivity contribution in [2.24, 2.45) is 0 Å². The van der Waals surface area contributed by atoms with Crippen molar-refractivity contribution in [2.75, 3.05) is 13.7 Å². The lowest BCUT2D eigenvalue weighted by molar-refractivity contribution is -0.131. The van der Waals surface area contributed by atoms with Crippen LogP contribution in [0.4, 0.5) is 0 Å². The van der Waals surface area contributed by atoms with E-state index in [0.29, 0.717) is 19.4 Å². The number of pyridine rings is 1. The van der Waals surface area contributed by atoms with Crippen molar-refractivity contribution in [3.8, 4) is 5.75 Å². The summed E-state index contributed by atoms with van der Waals surface area (Å²) in [7, 11) is 1.62. The van der Waals surface area contributed by atoms with E-state index in [-0.39, 0.29) is 11.9 Å². The third kappa shape index (κ3) is 3.57. The van der Waals surface area contributed by atoms with Gasteiger partial charge in [-0.1, -0.05) is 18.2 Å². The van der Waals surface area contributed by atoms with Crippen LogP contribution in [-0.2, 0) is 11.2 Å². The largest absolute Gasteiger partial charge is 0.497 e. The van der Waals surface area contributed by atoms with Crippen LogP contribution < -0.4 is 4.74 Å². The highest BCUT2D eigenvalue weighted by Gasteiger charge is 2.35. The Labute approximate surface area is 141 Å². The number of aliphatic hydroxyl groups is 1. The fraction of sp³-hybridized carbons (Fsp3) is 0.368. The normalized spacial score (nSPS) is 20.2. The monoisotopic (exact) mass is 326 g/mol. The number of carbonyl (C=O) groups excluding carboxylic acids is 1. The van der Waals surface area contributed by atoms with Crippen LogP contribution in [0.1, 0.15) is 29.3 Å². The Hall–Kier alpha value is -2.40. The second-order valence-corrected chi connectivity index (χ2v) is 6.21. The standard InChI is InChI=1S/C19H22N2O3/c1-13-6-7-14(11-20-13)8-19(23)21-12-16(22)10-18(21)15-4-3-5-17(9-15)24-2/h3-7,9,11,16,18,22H,8,10,12H2,1-2H3/t16-,18+/m0/s1. The molecule has 2 heterocycles. The lowest BCUT2D eigenvalue weighted by atomic mass is 10.0. The minimum Gasteiger partial charge on any atom is -0.497 e. The molecule has 3 rings (SSSR count). The van der Waals surface area contributed by atoms with Gasteiger partial charge >= 0.3 is 0 Å². The number of aryl methyl sites for hydroxylation is 1. The molecule has 2 atom stereocenters. The van der Waals surface area contributed by atoms with Crippen molar-refractivity contribution in [3.05, 3.63) is 59.4 Å². The predicted octanol–water partition coefficient (Wildman–Crippen LogP) is 2.28. The molecule has 1 N–H and O–H groups in total. The number of aliphatic hydroxyl groups excluding tert-OH is 1. The molecule has 1 saturated heterocycles. The molecule has 0 radical (unpaired) electrons. The predicted molar refractivity (Wildman–Crippen MR) is 90.7 cm³/mol. The minimum atomic E-state index is -0.499. The van der Waals surface area contributed by atoms with Crippen LogP contribution in [-0.4, -0.2) is 40.7 Å². The Kier molecular flexibility index (Phi) is 4.81. The van der Waals surface area contributed by atoms with E-state index in [1.54, 1.807) is 18.2 Å². The van der Waals surface area contributed by atoms with Gasteiger partial charge in [0.25, 0.3) is 0 Å². The van der Waals surface area contributed by atoms with E-state index in [0.717, 1.165) is 22.6 Å². The zero-order chi connectivity index (χ0) is 17.1. The quantitative estimate of drug-likeness (QED) is 0.936. The average Bonchev–Trinajstić information content (AvgIpc) is 2.99. The number of amides is 1. The highest BCUT2D eigenvalue weighted by atomic mass is 16.5. The molecule has 1 aliphatic heterocycles. The minimum absolute atomic E-state index is 0.00465. The number of hydrogen-bond donors (Lipinski definition) is 1. The molecular weight excluding hydrogens is 304 g/mol. The number of carbonyl (C=O) groups is 1. The average molecular weight is 326 g/mol. The summed E-state index contributed by atoms with van der Waals surface area (Å²) in [5, 5.41) is 10.1. The summed E-state index contributed by atoms with van der Waals surface area (Å²) in [5.74, 6) is 0.758. The number of β-amino-alcohol motifs (C(OH)–C–C–N with tert-alkyl or cyclic N) is 1. The van der Waals surface area contributed by atoms with Crippen molar-refractivity contribution >= 4 is 5.91 Å². The molecule has 2 aromatic rings. The first kappa shape index (κ1) is 16.5. The van der Waals surface area contributed by atoms with Gasteiger partial charge in [0, 0.05) is 18.4 Å². The summed E-state index contributed by atoms with van der Waals surface area (Å²) in [6.45, 7) is 2.28. The van der Waals surface area contributed by atoms with Crippen LogP contribution in [0.5, 0.6) is 5.75 Å². The van der Waals surface area contributed by atoms with Crippen molar-refractivity contribution in [1.29, 1.82) is 0 Å². The summed E-state index contributed by atoms with van der Waals surface area (Å²) in [6.07, 6.45) is 2.08. The Balaban J connectivity index is 1.79. The van der Waals surface area contributed by atoms with E-state index < -0.39 is 6.10 Å². The molecule has 1 aromatic carbocycles. The summed E-state index contributed by atoms with van der Waals surface area (Å²) in [4.78, 5) is 18.7. The first-order valence-electron chi connectivity index (χ1n) is 8.10. The Morgan fingerprint density at radius 2 is 2.21 bits per heavy atom. The van der Waals surface area contributed by atoms with Gasteiger partial charge in [0.1, 0.15) is 5.75 Å². The number of likely N-dealkylation sites (tertiary alicyclic amines) is 1. The fourth-order valence-electron chi connectivity index (χ4n) is 3.13. The van der Waals surface area contributed by atoms with Gasteiger partial charge in [0.15, 0.2) is 0 Å². The number of aromatic nitrogens is 1. The highest BCUT2D eigenvalue weighted by molar-refractivity contribution is 5.79. The molecule has 1 amide bonds. The molecule has 0 spiro atoms. The Morgan fingerprint density at radius 3 is 2.92 bits per heavy atom. The molecule has 1 aliphatic rings. The van der Waals surface area contributed by atoms with Crippen LogP contribution in [0.15, 0.2) is 42.6 Å². The summed E-state index contributed by atoms with van der Waals surface area (Å²) < 4.78 is 5.27. The van der Waals surface area contributed by atoms with Crippen LogP contribution >= 0.6 is 0 Å². The van der Waals surface area contributed by atoms with Crippen molar-refractivity contribution in [2.45, 2.75) is 31.9 Å². The molecule has 5 nitrogen and oxygen atoms in total. The maximum Gasteiger partial charge on any atom is 0.227 e. The third-order valence-corrected chi connectivity index (χ3v) is 4.41. The lowest BCUT2D eigenvalue weighted by Crippen LogP contribution is -2.33. The highest BCUT2D eigenvalue weighted by Crippen LogP contribution is 2.34. The van der Waals surface area contributed by atoms with Gasteiger partial charge in [0.2, 0.25) is 5.91 Å². The number of rotatable bonds is 4. The zero-order valence-electron chi connectivity index (χ0n) is 14.0. The molecule has 0 bridgehead atoms. The van der Waals surface area contributed by atoms with Gasteiger partial charge < -0.3 is 14.7 Å². The van der Waals surface area contributed by atoms with E-state index in [1.807, 2.05) is 43.3 Å². The molecule has 0 saturated carbocycles. The third-order valence-electron chi connectivity index (χ3n) is 4.41. The maximum absolute atomic E-state index is 12.7. The van der Waals surface area contributed by atoms with Gasteiger partial charge in [-0.15, -0.1) is 0 Å². The maximum atomic E-state index is 12.7. The van der Waals surface area contributed by atoms with Crippen LogP contribution in [0.2, 0.25) is 0 Å². The SMILES string of the molecule is COc1cccc([C@H]2C[C@H](O)CN2C(=O)Cc2ccc(C)nc2)c1. The van der Waals surface area contributed by atoms with Crippen LogP contribution in [0.3, 0.4) is 0 Å². The molecule has 24 heavy (non-hydrogen) atoms. The van der Waals surface area contributed by atoms with Crippen LogP contribution in [0.25, 0.3) is 0 Å². The molecular formula is C19H22N2O3. The summed E-state index contributed by atoms with van der Waals surface area (Å²) >= 11 is 0. The number of hydrogen-bond acceptors (Lipinski definition) is 4.